The monoisotopic (exact) mass is 556 g/mol. The maximum atomic E-state index is 11.2. The summed E-state index contributed by atoms with van der Waals surface area (Å²) in [4.78, 5) is 4.49. The Morgan fingerprint density at radius 1 is 0.436 bits per heavy atom. The van der Waals surface area contributed by atoms with Crippen molar-refractivity contribution in [2.45, 2.75) is 13.1 Å². The molecule has 0 aliphatic carbocycles. The smallest absolute Gasteiger partial charge is 0.124 e. The van der Waals surface area contributed by atoms with Crippen LogP contribution in [0.3, 0.4) is 0 Å². The molecule has 224 valence electrons. The molecular formula is C28H48N2O9. The maximum absolute atomic E-state index is 11.2. The number of hydrogen-bond acceptors (Lipinski definition) is 11. The summed E-state index contributed by atoms with van der Waals surface area (Å²) >= 11 is 0. The van der Waals surface area contributed by atoms with Gasteiger partial charge in [0.05, 0.1) is 106 Å². The van der Waals surface area contributed by atoms with Crippen LogP contribution in [-0.2, 0) is 51.0 Å². The number of para-hydroxylation sites is 1. The van der Waals surface area contributed by atoms with Gasteiger partial charge in [-0.25, -0.2) is 0 Å². The van der Waals surface area contributed by atoms with E-state index in [9.17, 15) is 5.11 Å². The van der Waals surface area contributed by atoms with Crippen molar-refractivity contribution in [2.24, 2.45) is 0 Å². The van der Waals surface area contributed by atoms with Gasteiger partial charge in [0.2, 0.25) is 0 Å². The van der Waals surface area contributed by atoms with Crippen molar-refractivity contribution >= 4 is 0 Å². The molecule has 2 aliphatic heterocycles. The van der Waals surface area contributed by atoms with Crippen LogP contribution < -0.4 is 0 Å². The molecule has 2 fully saturated rings. The van der Waals surface area contributed by atoms with Gasteiger partial charge in [0.1, 0.15) is 5.75 Å². The number of phenolic OH excluding ortho intramolecular Hbond substituents is 1. The summed E-state index contributed by atoms with van der Waals surface area (Å²) < 4.78 is 45.1. The van der Waals surface area contributed by atoms with E-state index in [4.69, 9.17) is 37.9 Å². The quantitative estimate of drug-likeness (QED) is 0.578. The summed E-state index contributed by atoms with van der Waals surface area (Å²) in [6.45, 7) is 13.1. The lowest BCUT2D eigenvalue weighted by molar-refractivity contribution is 0.00206. The van der Waals surface area contributed by atoms with E-state index in [1.165, 1.54) is 0 Å². The Morgan fingerprint density at radius 3 is 0.974 bits per heavy atom. The number of ether oxygens (including phenoxy) is 8. The highest BCUT2D eigenvalue weighted by Crippen LogP contribution is 2.25. The molecule has 0 saturated carbocycles. The van der Waals surface area contributed by atoms with Crippen LogP contribution in [0.5, 0.6) is 5.75 Å². The second-order valence-corrected chi connectivity index (χ2v) is 9.38. The molecule has 39 heavy (non-hydrogen) atoms. The van der Waals surface area contributed by atoms with Crippen molar-refractivity contribution < 1.29 is 43.0 Å². The van der Waals surface area contributed by atoms with Crippen molar-refractivity contribution in [1.29, 1.82) is 0 Å². The maximum Gasteiger partial charge on any atom is 0.124 e. The normalized spacial score (nSPS) is 22.7. The van der Waals surface area contributed by atoms with Gasteiger partial charge in [-0.1, -0.05) is 18.2 Å². The van der Waals surface area contributed by atoms with E-state index in [0.29, 0.717) is 125 Å². The molecule has 11 nitrogen and oxygen atoms in total. The molecule has 11 heteroatoms. The molecule has 2 heterocycles. The Kier molecular flexibility index (Phi) is 17.6. The van der Waals surface area contributed by atoms with E-state index in [1.54, 1.807) is 0 Å². The molecule has 0 radical (unpaired) electrons. The molecule has 0 unspecified atom stereocenters. The molecule has 0 aromatic heterocycles. The Hall–Kier alpha value is -1.38. The average molecular weight is 557 g/mol. The zero-order chi connectivity index (χ0) is 27.2. The summed E-state index contributed by atoms with van der Waals surface area (Å²) in [7, 11) is 0. The number of rotatable bonds is 4. The first kappa shape index (κ1) is 32.1. The van der Waals surface area contributed by atoms with Crippen molar-refractivity contribution in [3.05, 3.63) is 29.3 Å². The lowest BCUT2D eigenvalue weighted by Gasteiger charge is -2.25. The standard InChI is InChI=1S/C28H48N2O9/c31-28-26(24-29-4-8-32-12-16-36-20-21-37-17-13-33-9-5-29)2-1-3-27(28)25-30-6-10-34-14-18-38-22-23-39-19-15-35-11-7-30/h1-3,31H,4-25H2. The third-order valence-electron chi connectivity index (χ3n) is 6.43. The number of phenols is 1. The van der Waals surface area contributed by atoms with E-state index >= 15 is 0 Å². The van der Waals surface area contributed by atoms with Gasteiger partial charge in [0.25, 0.3) is 0 Å². The molecule has 1 aromatic rings. The summed E-state index contributed by atoms with van der Waals surface area (Å²) in [5.74, 6) is 0.330. The highest BCUT2D eigenvalue weighted by atomic mass is 16.6. The van der Waals surface area contributed by atoms with Gasteiger partial charge in [-0.2, -0.15) is 0 Å². The van der Waals surface area contributed by atoms with Gasteiger partial charge in [0.15, 0.2) is 0 Å². The minimum Gasteiger partial charge on any atom is -0.507 e. The van der Waals surface area contributed by atoms with E-state index in [0.717, 1.165) is 37.3 Å². The first-order valence-corrected chi connectivity index (χ1v) is 14.2. The summed E-state index contributed by atoms with van der Waals surface area (Å²) in [5.41, 5.74) is 1.77. The van der Waals surface area contributed by atoms with Gasteiger partial charge in [-0.05, 0) is 0 Å². The fourth-order valence-electron chi connectivity index (χ4n) is 4.22. The molecule has 1 N–H and O–H groups in total. The van der Waals surface area contributed by atoms with E-state index < -0.39 is 0 Å². The summed E-state index contributed by atoms with van der Waals surface area (Å²) in [5, 5.41) is 11.2. The SMILES string of the molecule is Oc1c(CN2CCOCCOCCOCCOCC2)cccc1CN1CCOCCOCCOCCOCC1. The Balaban J connectivity index is 1.56. The number of nitrogens with zero attached hydrogens (tertiary/aromatic N) is 2. The minimum atomic E-state index is 0.330. The van der Waals surface area contributed by atoms with Gasteiger partial charge in [-0.15, -0.1) is 0 Å². The van der Waals surface area contributed by atoms with Crippen LogP contribution in [0.1, 0.15) is 11.1 Å². The Morgan fingerprint density at radius 2 is 0.692 bits per heavy atom. The van der Waals surface area contributed by atoms with Gasteiger partial charge in [0, 0.05) is 50.4 Å². The van der Waals surface area contributed by atoms with Gasteiger partial charge in [-0.3, -0.25) is 9.80 Å². The summed E-state index contributed by atoms with van der Waals surface area (Å²) in [6.07, 6.45) is 0. The molecule has 2 saturated heterocycles. The fourth-order valence-corrected chi connectivity index (χ4v) is 4.22. The van der Waals surface area contributed by atoms with Gasteiger partial charge < -0.3 is 43.0 Å². The zero-order valence-corrected chi connectivity index (χ0v) is 23.4. The number of benzene rings is 1. The molecule has 2 aliphatic rings. The number of aromatic hydroxyl groups is 1. The topological polar surface area (TPSA) is 101 Å². The van der Waals surface area contributed by atoms with Gasteiger partial charge >= 0.3 is 0 Å². The zero-order valence-electron chi connectivity index (χ0n) is 23.4. The molecule has 0 spiro atoms. The van der Waals surface area contributed by atoms with Crippen LogP contribution in [0.2, 0.25) is 0 Å². The predicted octanol–water partition coefficient (Wildman–Crippen LogP) is 1.16. The Bertz CT molecular complexity index is 655. The van der Waals surface area contributed by atoms with E-state index in [2.05, 4.69) is 9.80 Å². The molecule has 0 atom stereocenters. The van der Waals surface area contributed by atoms with Crippen LogP contribution in [0.25, 0.3) is 0 Å². The fraction of sp³-hybridized carbons (Fsp3) is 0.786. The second kappa shape index (κ2) is 21.4. The second-order valence-electron chi connectivity index (χ2n) is 9.38. The average Bonchev–Trinajstić information content (AvgIpc) is 2.96. The van der Waals surface area contributed by atoms with Crippen LogP contribution in [-0.4, -0.2) is 147 Å². The lowest BCUT2D eigenvalue weighted by atomic mass is 10.1. The predicted molar refractivity (Wildman–Crippen MR) is 145 cm³/mol. The molecule has 1 aromatic carbocycles. The number of hydrogen-bond donors (Lipinski definition) is 1. The first-order valence-electron chi connectivity index (χ1n) is 14.2. The molecular weight excluding hydrogens is 508 g/mol. The van der Waals surface area contributed by atoms with Crippen molar-refractivity contribution in [1.82, 2.24) is 9.80 Å². The third kappa shape index (κ3) is 14.7. The first-order chi connectivity index (χ1) is 19.3. The largest absolute Gasteiger partial charge is 0.507 e. The minimum absolute atomic E-state index is 0.330. The Labute approximate surface area is 233 Å². The van der Waals surface area contributed by atoms with E-state index in [1.807, 2.05) is 18.2 Å². The lowest BCUT2D eigenvalue weighted by Crippen LogP contribution is -2.32. The van der Waals surface area contributed by atoms with Crippen molar-refractivity contribution in [3.63, 3.8) is 0 Å². The van der Waals surface area contributed by atoms with Crippen LogP contribution in [0, 0.1) is 0 Å². The van der Waals surface area contributed by atoms with Crippen LogP contribution >= 0.6 is 0 Å². The third-order valence-corrected chi connectivity index (χ3v) is 6.43. The highest BCUT2D eigenvalue weighted by Gasteiger charge is 2.15. The van der Waals surface area contributed by atoms with Crippen molar-refractivity contribution in [2.75, 3.05) is 132 Å². The highest BCUT2D eigenvalue weighted by molar-refractivity contribution is 5.40. The van der Waals surface area contributed by atoms with Crippen molar-refractivity contribution in [3.8, 4) is 5.75 Å². The molecule has 0 amide bonds. The van der Waals surface area contributed by atoms with E-state index in [-0.39, 0.29) is 0 Å². The van der Waals surface area contributed by atoms with Crippen LogP contribution in [0.4, 0.5) is 0 Å². The molecule has 0 bridgehead atoms. The summed E-state index contributed by atoms with van der Waals surface area (Å²) in [6, 6.07) is 5.97. The molecule has 3 rings (SSSR count). The van der Waals surface area contributed by atoms with Crippen LogP contribution in [0.15, 0.2) is 18.2 Å².